The average molecular weight is 274 g/mol. The van der Waals surface area contributed by atoms with Crippen LogP contribution < -0.4 is 4.90 Å². The molecule has 0 radical (unpaired) electrons. The van der Waals surface area contributed by atoms with Crippen molar-refractivity contribution in [2.45, 2.75) is 32.4 Å². The van der Waals surface area contributed by atoms with Gasteiger partial charge < -0.3 is 10.0 Å². The first kappa shape index (κ1) is 14.8. The molecule has 1 saturated heterocycles. The highest BCUT2D eigenvalue weighted by atomic mass is 16.3. The normalized spacial score (nSPS) is 21.5. The summed E-state index contributed by atoms with van der Waals surface area (Å²) in [5.41, 5.74) is 0.591. The largest absolute Gasteiger partial charge is 0.392 e. The van der Waals surface area contributed by atoms with Crippen LogP contribution in [0, 0.1) is 11.3 Å². The van der Waals surface area contributed by atoms with Gasteiger partial charge in [-0.2, -0.15) is 5.26 Å². The highest BCUT2D eigenvalue weighted by Crippen LogP contribution is 2.19. The van der Waals surface area contributed by atoms with Gasteiger partial charge in [-0.1, -0.05) is 6.92 Å². The standard InChI is InChI=1S/C15H22N4O/c1-3-14-11-19(7-6-18(14)10-12(2)20)15-5-4-13(8-16)9-17-15/h4-5,9,12,14,20H,3,6-7,10-11H2,1-2H3. The molecular weight excluding hydrogens is 252 g/mol. The molecule has 0 saturated carbocycles. The van der Waals surface area contributed by atoms with Gasteiger partial charge in [-0.05, 0) is 25.5 Å². The lowest BCUT2D eigenvalue weighted by Gasteiger charge is -2.42. The second kappa shape index (κ2) is 6.69. The van der Waals surface area contributed by atoms with E-state index in [1.165, 1.54) is 0 Å². The average Bonchev–Trinajstić information content (AvgIpc) is 2.47. The summed E-state index contributed by atoms with van der Waals surface area (Å²) < 4.78 is 0. The summed E-state index contributed by atoms with van der Waals surface area (Å²) in [6, 6.07) is 6.25. The fourth-order valence-corrected chi connectivity index (χ4v) is 2.71. The maximum absolute atomic E-state index is 9.56. The molecule has 5 nitrogen and oxygen atoms in total. The van der Waals surface area contributed by atoms with Crippen molar-refractivity contribution in [2.24, 2.45) is 0 Å². The molecule has 0 amide bonds. The number of nitriles is 1. The van der Waals surface area contributed by atoms with Gasteiger partial charge in [0.05, 0.1) is 11.7 Å². The minimum absolute atomic E-state index is 0.288. The van der Waals surface area contributed by atoms with E-state index in [1.54, 1.807) is 6.20 Å². The molecule has 0 aliphatic carbocycles. The number of aliphatic hydroxyl groups excluding tert-OH is 1. The molecule has 1 aromatic heterocycles. The van der Waals surface area contributed by atoms with Gasteiger partial charge in [-0.25, -0.2) is 4.98 Å². The minimum Gasteiger partial charge on any atom is -0.392 e. The van der Waals surface area contributed by atoms with E-state index in [-0.39, 0.29) is 6.10 Å². The Morgan fingerprint density at radius 3 is 2.85 bits per heavy atom. The third-order valence-electron chi connectivity index (χ3n) is 3.78. The van der Waals surface area contributed by atoms with Crippen LogP contribution >= 0.6 is 0 Å². The van der Waals surface area contributed by atoms with E-state index >= 15 is 0 Å². The van der Waals surface area contributed by atoms with Crippen LogP contribution in [0.1, 0.15) is 25.8 Å². The Labute approximate surface area is 120 Å². The predicted octanol–water partition coefficient (Wildman–Crippen LogP) is 1.23. The van der Waals surface area contributed by atoms with E-state index in [0.717, 1.165) is 38.4 Å². The molecule has 1 aliphatic heterocycles. The second-order valence-electron chi connectivity index (χ2n) is 5.37. The summed E-state index contributed by atoms with van der Waals surface area (Å²) in [5, 5.41) is 18.4. The van der Waals surface area contributed by atoms with E-state index in [0.29, 0.717) is 11.6 Å². The molecule has 1 fully saturated rings. The van der Waals surface area contributed by atoms with Gasteiger partial charge in [-0.15, -0.1) is 0 Å². The molecule has 20 heavy (non-hydrogen) atoms. The molecule has 2 atom stereocenters. The Balaban J connectivity index is 2.03. The first-order valence-electron chi connectivity index (χ1n) is 7.17. The molecule has 2 rings (SSSR count). The lowest BCUT2D eigenvalue weighted by Crippen LogP contribution is -2.54. The molecule has 0 spiro atoms. The maximum atomic E-state index is 9.56. The van der Waals surface area contributed by atoms with Crippen molar-refractivity contribution in [2.75, 3.05) is 31.1 Å². The van der Waals surface area contributed by atoms with E-state index < -0.39 is 0 Å². The van der Waals surface area contributed by atoms with Gasteiger partial charge in [0, 0.05) is 38.4 Å². The number of aliphatic hydroxyl groups is 1. The van der Waals surface area contributed by atoms with Gasteiger partial charge in [0.15, 0.2) is 0 Å². The van der Waals surface area contributed by atoms with Gasteiger partial charge >= 0.3 is 0 Å². The molecule has 2 unspecified atom stereocenters. The number of piperazine rings is 1. The number of hydrogen-bond acceptors (Lipinski definition) is 5. The minimum atomic E-state index is -0.288. The fraction of sp³-hybridized carbons (Fsp3) is 0.600. The Hall–Kier alpha value is -1.64. The number of hydrogen-bond donors (Lipinski definition) is 1. The van der Waals surface area contributed by atoms with Gasteiger partial charge in [0.2, 0.25) is 0 Å². The zero-order valence-electron chi connectivity index (χ0n) is 12.2. The van der Waals surface area contributed by atoms with Gasteiger partial charge in [0.25, 0.3) is 0 Å². The summed E-state index contributed by atoms with van der Waals surface area (Å²) in [7, 11) is 0. The van der Waals surface area contributed by atoms with Crippen LogP contribution in [0.4, 0.5) is 5.82 Å². The van der Waals surface area contributed by atoms with Crippen molar-refractivity contribution in [1.82, 2.24) is 9.88 Å². The summed E-state index contributed by atoms with van der Waals surface area (Å²) >= 11 is 0. The van der Waals surface area contributed by atoms with Gasteiger partial charge in [-0.3, -0.25) is 4.90 Å². The van der Waals surface area contributed by atoms with Crippen molar-refractivity contribution >= 4 is 5.82 Å². The topological polar surface area (TPSA) is 63.4 Å². The van der Waals surface area contributed by atoms with Crippen molar-refractivity contribution in [3.8, 4) is 6.07 Å². The van der Waals surface area contributed by atoms with Crippen LogP contribution in [-0.4, -0.2) is 53.3 Å². The van der Waals surface area contributed by atoms with Crippen LogP contribution in [0.15, 0.2) is 18.3 Å². The second-order valence-corrected chi connectivity index (χ2v) is 5.37. The van der Waals surface area contributed by atoms with Crippen LogP contribution in [0.3, 0.4) is 0 Å². The monoisotopic (exact) mass is 274 g/mol. The zero-order valence-corrected chi connectivity index (χ0v) is 12.2. The number of β-amino-alcohol motifs (C(OH)–C–C–N with tert-alkyl or cyclic N) is 1. The summed E-state index contributed by atoms with van der Waals surface area (Å²) in [6.45, 7) is 7.50. The Morgan fingerprint density at radius 1 is 1.50 bits per heavy atom. The predicted molar refractivity (Wildman–Crippen MR) is 78.5 cm³/mol. The SMILES string of the molecule is CCC1CN(c2ccc(C#N)cn2)CCN1CC(C)O. The van der Waals surface area contributed by atoms with E-state index in [2.05, 4.69) is 27.8 Å². The van der Waals surface area contributed by atoms with Crippen LogP contribution in [-0.2, 0) is 0 Å². The first-order valence-corrected chi connectivity index (χ1v) is 7.17. The number of aromatic nitrogens is 1. The molecule has 1 aliphatic rings. The summed E-state index contributed by atoms with van der Waals surface area (Å²) in [5.74, 6) is 0.930. The van der Waals surface area contributed by atoms with Gasteiger partial charge in [0.1, 0.15) is 11.9 Å². The highest BCUT2D eigenvalue weighted by Gasteiger charge is 2.26. The third kappa shape index (κ3) is 3.47. The van der Waals surface area contributed by atoms with Crippen molar-refractivity contribution in [3.05, 3.63) is 23.9 Å². The molecule has 108 valence electrons. The number of rotatable bonds is 4. The van der Waals surface area contributed by atoms with E-state index in [9.17, 15) is 5.11 Å². The molecule has 0 aromatic carbocycles. The Morgan fingerprint density at radius 2 is 2.30 bits per heavy atom. The van der Waals surface area contributed by atoms with Crippen LogP contribution in [0.25, 0.3) is 0 Å². The summed E-state index contributed by atoms with van der Waals surface area (Å²) in [6.07, 6.45) is 2.39. The van der Waals surface area contributed by atoms with Crippen LogP contribution in [0.5, 0.6) is 0 Å². The third-order valence-corrected chi connectivity index (χ3v) is 3.78. The molecular formula is C15H22N4O. The smallest absolute Gasteiger partial charge is 0.128 e. The van der Waals surface area contributed by atoms with Crippen LogP contribution in [0.2, 0.25) is 0 Å². The quantitative estimate of drug-likeness (QED) is 0.895. The molecule has 1 N–H and O–H groups in total. The maximum Gasteiger partial charge on any atom is 0.128 e. The number of pyridine rings is 1. The highest BCUT2D eigenvalue weighted by molar-refractivity contribution is 5.42. The van der Waals surface area contributed by atoms with E-state index in [1.807, 2.05) is 19.1 Å². The van der Waals surface area contributed by atoms with Crippen molar-refractivity contribution in [3.63, 3.8) is 0 Å². The lowest BCUT2D eigenvalue weighted by atomic mass is 10.1. The summed E-state index contributed by atoms with van der Waals surface area (Å²) in [4.78, 5) is 8.97. The fourth-order valence-electron chi connectivity index (χ4n) is 2.71. The molecule has 5 heteroatoms. The lowest BCUT2D eigenvalue weighted by molar-refractivity contribution is 0.0884. The molecule has 2 heterocycles. The molecule has 0 bridgehead atoms. The Kier molecular flexibility index (Phi) is 4.94. The van der Waals surface area contributed by atoms with Crippen molar-refractivity contribution < 1.29 is 5.11 Å². The van der Waals surface area contributed by atoms with E-state index in [4.69, 9.17) is 5.26 Å². The zero-order chi connectivity index (χ0) is 14.5. The number of nitrogens with zero attached hydrogens (tertiary/aromatic N) is 4. The Bertz CT molecular complexity index is 466. The van der Waals surface area contributed by atoms with Crippen molar-refractivity contribution in [1.29, 1.82) is 5.26 Å². The molecule has 1 aromatic rings. The number of anilines is 1. The first-order chi connectivity index (χ1) is 9.63.